The number of nitrogens with one attached hydrogen (secondary N) is 1. The summed E-state index contributed by atoms with van der Waals surface area (Å²) in [4.78, 5) is 0. The van der Waals surface area contributed by atoms with E-state index in [0.29, 0.717) is 6.42 Å². The molecule has 2 unspecified atom stereocenters. The molecule has 2 atom stereocenters. The van der Waals surface area contributed by atoms with E-state index in [1.54, 1.807) is 0 Å². The molecule has 0 aromatic carbocycles. The largest absolute Gasteiger partial charge is 0.388 e. The van der Waals surface area contributed by atoms with Crippen molar-refractivity contribution >= 4 is 0 Å². The normalized spacial score (nSPS) is 33.8. The van der Waals surface area contributed by atoms with Gasteiger partial charge in [0.2, 0.25) is 0 Å². The maximum Gasteiger partial charge on any atom is 0.0879 e. The molecule has 1 aliphatic rings. The van der Waals surface area contributed by atoms with Crippen LogP contribution in [0.5, 0.6) is 0 Å². The van der Waals surface area contributed by atoms with Crippen molar-refractivity contribution in [2.24, 2.45) is 11.3 Å². The van der Waals surface area contributed by atoms with Crippen LogP contribution < -0.4 is 5.32 Å². The zero-order valence-electron chi connectivity index (χ0n) is 9.30. The van der Waals surface area contributed by atoms with Gasteiger partial charge in [-0.05, 0) is 33.2 Å². The number of hydrogen-bond acceptors (Lipinski definition) is 3. The Morgan fingerprint density at radius 3 is 2.79 bits per heavy atom. The molecule has 1 aliphatic heterocycles. The molecule has 14 heavy (non-hydrogen) atoms. The summed E-state index contributed by atoms with van der Waals surface area (Å²) in [5.74, 6) is 0.186. The Kier molecular flexibility index (Phi) is 3.18. The van der Waals surface area contributed by atoms with Crippen molar-refractivity contribution in [3.63, 3.8) is 0 Å². The summed E-state index contributed by atoms with van der Waals surface area (Å²) in [6, 6.07) is 2.24. The first-order chi connectivity index (χ1) is 6.48. The molecular formula is C11H20N2O. The summed E-state index contributed by atoms with van der Waals surface area (Å²) in [7, 11) is 0. The second kappa shape index (κ2) is 3.88. The van der Waals surface area contributed by atoms with Crippen LogP contribution in [0.3, 0.4) is 0 Å². The predicted octanol–water partition coefficient (Wildman–Crippen LogP) is 1.29. The summed E-state index contributed by atoms with van der Waals surface area (Å²) in [6.07, 6.45) is 1.58. The van der Waals surface area contributed by atoms with Gasteiger partial charge in [0.25, 0.3) is 0 Å². The van der Waals surface area contributed by atoms with Gasteiger partial charge in [-0.2, -0.15) is 5.26 Å². The molecule has 0 aliphatic carbocycles. The molecule has 1 saturated heterocycles. The van der Waals surface area contributed by atoms with E-state index in [1.807, 2.05) is 13.8 Å². The van der Waals surface area contributed by atoms with Gasteiger partial charge in [0.15, 0.2) is 0 Å². The lowest BCUT2D eigenvalue weighted by Crippen LogP contribution is -2.57. The molecule has 0 amide bonds. The number of rotatable bonds is 2. The molecule has 0 spiro atoms. The molecule has 0 saturated carbocycles. The van der Waals surface area contributed by atoms with Crippen molar-refractivity contribution < 1.29 is 5.11 Å². The standard InChI is InChI=1S/C11H20N2O/c1-4-9-7-13-6-5-11(9,14)10(2,3)8-12/h9,13-14H,4-7H2,1-3H3. The fourth-order valence-electron chi connectivity index (χ4n) is 2.33. The molecular weight excluding hydrogens is 176 g/mol. The highest BCUT2D eigenvalue weighted by atomic mass is 16.3. The number of nitrogens with zero attached hydrogens (tertiary/aromatic N) is 1. The SMILES string of the molecule is CCC1CNCCC1(O)C(C)(C)C#N. The highest BCUT2D eigenvalue weighted by Gasteiger charge is 2.49. The van der Waals surface area contributed by atoms with Crippen molar-refractivity contribution in [1.82, 2.24) is 5.32 Å². The van der Waals surface area contributed by atoms with E-state index >= 15 is 0 Å². The van der Waals surface area contributed by atoms with Gasteiger partial charge in [-0.3, -0.25) is 0 Å². The minimum atomic E-state index is -0.832. The molecule has 0 bridgehead atoms. The molecule has 2 N–H and O–H groups in total. The van der Waals surface area contributed by atoms with E-state index in [1.165, 1.54) is 0 Å². The van der Waals surface area contributed by atoms with Crippen LogP contribution in [0, 0.1) is 22.7 Å². The van der Waals surface area contributed by atoms with Crippen molar-refractivity contribution in [2.45, 2.75) is 39.2 Å². The van der Waals surface area contributed by atoms with Crippen LogP contribution in [0.25, 0.3) is 0 Å². The van der Waals surface area contributed by atoms with Gasteiger partial charge in [-0.15, -0.1) is 0 Å². The second-order valence-corrected chi connectivity index (χ2v) is 4.72. The molecule has 3 heteroatoms. The summed E-state index contributed by atoms with van der Waals surface area (Å²) in [5, 5.41) is 23.0. The van der Waals surface area contributed by atoms with Gasteiger partial charge in [0.1, 0.15) is 0 Å². The van der Waals surface area contributed by atoms with Crippen LogP contribution in [0.4, 0.5) is 0 Å². The van der Waals surface area contributed by atoms with E-state index < -0.39 is 11.0 Å². The zero-order chi connectivity index (χ0) is 10.8. The number of hydrogen-bond donors (Lipinski definition) is 2. The Morgan fingerprint density at radius 2 is 2.29 bits per heavy atom. The quantitative estimate of drug-likeness (QED) is 0.699. The molecule has 0 aromatic rings. The average molecular weight is 196 g/mol. The highest BCUT2D eigenvalue weighted by Crippen LogP contribution is 2.41. The fraction of sp³-hybridized carbons (Fsp3) is 0.909. The minimum absolute atomic E-state index is 0.186. The second-order valence-electron chi connectivity index (χ2n) is 4.72. The number of nitriles is 1. The van der Waals surface area contributed by atoms with Crippen LogP contribution >= 0.6 is 0 Å². The van der Waals surface area contributed by atoms with Gasteiger partial charge >= 0.3 is 0 Å². The Balaban J connectivity index is 2.94. The fourth-order valence-corrected chi connectivity index (χ4v) is 2.33. The van der Waals surface area contributed by atoms with Crippen molar-refractivity contribution in [2.75, 3.05) is 13.1 Å². The first-order valence-electron chi connectivity index (χ1n) is 5.32. The maximum absolute atomic E-state index is 10.6. The lowest BCUT2D eigenvalue weighted by molar-refractivity contribution is -0.106. The van der Waals surface area contributed by atoms with Crippen LogP contribution in [0.2, 0.25) is 0 Å². The van der Waals surface area contributed by atoms with E-state index in [2.05, 4.69) is 18.3 Å². The van der Waals surface area contributed by atoms with Crippen LogP contribution in [-0.2, 0) is 0 Å². The van der Waals surface area contributed by atoms with Crippen LogP contribution in [0.15, 0.2) is 0 Å². The van der Waals surface area contributed by atoms with Crippen molar-refractivity contribution in [3.05, 3.63) is 0 Å². The van der Waals surface area contributed by atoms with E-state index in [-0.39, 0.29) is 5.92 Å². The van der Waals surface area contributed by atoms with Gasteiger partial charge in [0.05, 0.1) is 17.1 Å². The number of aliphatic hydroxyl groups is 1. The van der Waals surface area contributed by atoms with Crippen molar-refractivity contribution in [1.29, 1.82) is 5.26 Å². The third-order valence-electron chi connectivity index (χ3n) is 3.60. The highest BCUT2D eigenvalue weighted by molar-refractivity contribution is 5.10. The van der Waals surface area contributed by atoms with E-state index in [0.717, 1.165) is 19.5 Å². The van der Waals surface area contributed by atoms with E-state index in [9.17, 15) is 5.11 Å². The Labute approximate surface area is 86.1 Å². The lowest BCUT2D eigenvalue weighted by atomic mass is 9.64. The molecule has 0 aromatic heterocycles. The summed E-state index contributed by atoms with van der Waals surface area (Å²) in [5.41, 5.74) is -1.49. The lowest BCUT2D eigenvalue weighted by Gasteiger charge is -2.47. The zero-order valence-corrected chi connectivity index (χ0v) is 9.30. The first kappa shape index (κ1) is 11.5. The van der Waals surface area contributed by atoms with Gasteiger partial charge in [-0.1, -0.05) is 6.92 Å². The molecule has 1 fully saturated rings. The summed E-state index contributed by atoms with van der Waals surface area (Å²) in [6.45, 7) is 7.36. The van der Waals surface area contributed by atoms with E-state index in [4.69, 9.17) is 5.26 Å². The molecule has 80 valence electrons. The van der Waals surface area contributed by atoms with Crippen molar-refractivity contribution in [3.8, 4) is 6.07 Å². The molecule has 1 heterocycles. The maximum atomic E-state index is 10.6. The third kappa shape index (κ3) is 1.65. The average Bonchev–Trinajstić information content (AvgIpc) is 2.18. The van der Waals surface area contributed by atoms with Gasteiger partial charge < -0.3 is 10.4 Å². The third-order valence-corrected chi connectivity index (χ3v) is 3.60. The monoisotopic (exact) mass is 196 g/mol. The van der Waals surface area contributed by atoms with Crippen LogP contribution in [-0.4, -0.2) is 23.8 Å². The molecule has 1 rings (SSSR count). The molecule has 3 nitrogen and oxygen atoms in total. The Bertz CT molecular complexity index is 244. The predicted molar refractivity (Wildman–Crippen MR) is 55.6 cm³/mol. The van der Waals surface area contributed by atoms with Gasteiger partial charge in [-0.25, -0.2) is 0 Å². The first-order valence-corrected chi connectivity index (χ1v) is 5.32. The summed E-state index contributed by atoms with van der Waals surface area (Å²) >= 11 is 0. The Morgan fingerprint density at radius 1 is 1.64 bits per heavy atom. The number of piperidine rings is 1. The smallest absolute Gasteiger partial charge is 0.0879 e. The summed E-state index contributed by atoms with van der Waals surface area (Å²) < 4.78 is 0. The molecule has 0 radical (unpaired) electrons. The van der Waals surface area contributed by atoms with Gasteiger partial charge in [0, 0.05) is 12.5 Å². The minimum Gasteiger partial charge on any atom is -0.388 e. The Hall–Kier alpha value is -0.590. The topological polar surface area (TPSA) is 56.0 Å². The van der Waals surface area contributed by atoms with Crippen LogP contribution in [0.1, 0.15) is 33.6 Å².